The van der Waals surface area contributed by atoms with Crippen molar-refractivity contribution in [2.45, 2.75) is 25.2 Å². The number of hydrogen-bond donors (Lipinski definition) is 1. The average Bonchev–Trinajstić information content (AvgIpc) is 2.70. The molecule has 14 heavy (non-hydrogen) atoms. The topological polar surface area (TPSA) is 50.4 Å². The van der Waals surface area contributed by atoms with Gasteiger partial charge in [0.2, 0.25) is 0 Å². The van der Waals surface area contributed by atoms with Crippen LogP contribution in [-0.4, -0.2) is 11.1 Å². The molecule has 2 atom stereocenters. The number of carbonyl (C=O) groups is 1. The molecule has 1 aliphatic carbocycles. The van der Waals surface area contributed by atoms with Gasteiger partial charge in [0.25, 0.3) is 0 Å². The van der Waals surface area contributed by atoms with Crippen LogP contribution in [0.3, 0.4) is 0 Å². The van der Waals surface area contributed by atoms with Gasteiger partial charge < -0.3 is 9.52 Å². The molecule has 1 saturated carbocycles. The average molecular weight is 259 g/mol. The van der Waals surface area contributed by atoms with Crippen LogP contribution >= 0.6 is 15.9 Å². The van der Waals surface area contributed by atoms with E-state index in [1.165, 1.54) is 0 Å². The lowest BCUT2D eigenvalue weighted by atomic mass is 9.94. The van der Waals surface area contributed by atoms with E-state index in [-0.39, 0.29) is 11.8 Å². The smallest absolute Gasteiger partial charge is 0.307 e. The van der Waals surface area contributed by atoms with Gasteiger partial charge in [-0.15, -0.1) is 0 Å². The minimum absolute atomic E-state index is 0.0388. The van der Waals surface area contributed by atoms with Crippen molar-refractivity contribution < 1.29 is 14.3 Å². The maximum absolute atomic E-state index is 11.0. The minimum Gasteiger partial charge on any atom is -0.481 e. The van der Waals surface area contributed by atoms with Crippen molar-refractivity contribution in [3.8, 4) is 0 Å². The molecule has 1 aromatic rings. The molecule has 1 aliphatic rings. The van der Waals surface area contributed by atoms with Gasteiger partial charge in [-0.3, -0.25) is 4.79 Å². The number of rotatable bonds is 2. The van der Waals surface area contributed by atoms with Crippen LogP contribution in [0.25, 0.3) is 0 Å². The Morgan fingerprint density at radius 3 is 2.93 bits per heavy atom. The SMILES string of the molecule is O=C(O)C1CCCC1c1occc1Br. The van der Waals surface area contributed by atoms with Crippen LogP contribution in [0.2, 0.25) is 0 Å². The van der Waals surface area contributed by atoms with Crippen molar-refractivity contribution in [3.05, 3.63) is 22.6 Å². The molecule has 1 aromatic heterocycles. The third-order valence-electron chi connectivity index (χ3n) is 2.81. The quantitative estimate of drug-likeness (QED) is 0.888. The molecule has 1 heterocycles. The van der Waals surface area contributed by atoms with Gasteiger partial charge in [-0.1, -0.05) is 6.42 Å². The lowest BCUT2D eigenvalue weighted by Crippen LogP contribution is -2.16. The summed E-state index contributed by atoms with van der Waals surface area (Å²) < 4.78 is 6.20. The summed E-state index contributed by atoms with van der Waals surface area (Å²) in [5.74, 6) is -0.167. The van der Waals surface area contributed by atoms with E-state index in [1.54, 1.807) is 6.26 Å². The highest BCUT2D eigenvalue weighted by atomic mass is 79.9. The third-order valence-corrected chi connectivity index (χ3v) is 3.47. The van der Waals surface area contributed by atoms with E-state index in [4.69, 9.17) is 9.52 Å². The summed E-state index contributed by atoms with van der Waals surface area (Å²) in [5.41, 5.74) is 0. The molecule has 0 aromatic carbocycles. The number of halogens is 1. The molecule has 2 unspecified atom stereocenters. The molecular weight excluding hydrogens is 248 g/mol. The first-order valence-electron chi connectivity index (χ1n) is 4.66. The fourth-order valence-electron chi connectivity index (χ4n) is 2.14. The van der Waals surface area contributed by atoms with Crippen LogP contribution in [0.15, 0.2) is 21.2 Å². The Kier molecular flexibility index (Phi) is 2.63. The molecular formula is C10H11BrO3. The molecule has 3 nitrogen and oxygen atoms in total. The van der Waals surface area contributed by atoms with Crippen molar-refractivity contribution in [3.63, 3.8) is 0 Å². The lowest BCUT2D eigenvalue weighted by Gasteiger charge is -2.13. The normalized spacial score (nSPS) is 26.6. The second-order valence-electron chi connectivity index (χ2n) is 3.61. The van der Waals surface area contributed by atoms with Crippen LogP contribution in [0, 0.1) is 5.92 Å². The van der Waals surface area contributed by atoms with E-state index in [2.05, 4.69) is 15.9 Å². The Morgan fingerprint density at radius 1 is 1.57 bits per heavy atom. The summed E-state index contributed by atoms with van der Waals surface area (Å²) in [6.45, 7) is 0. The number of carboxylic acids is 1. The Bertz CT molecular complexity index is 345. The number of furan rings is 1. The Labute approximate surface area is 90.2 Å². The van der Waals surface area contributed by atoms with Gasteiger partial charge in [0.15, 0.2) is 0 Å². The van der Waals surface area contributed by atoms with Crippen molar-refractivity contribution in [1.29, 1.82) is 0 Å². The van der Waals surface area contributed by atoms with Gasteiger partial charge >= 0.3 is 5.97 Å². The standard InChI is InChI=1S/C10H11BrO3/c11-8-4-5-14-9(8)6-2-1-3-7(6)10(12)13/h4-7H,1-3H2,(H,12,13). The Hall–Kier alpha value is -0.770. The second kappa shape index (κ2) is 3.77. The van der Waals surface area contributed by atoms with Gasteiger partial charge in [-0.25, -0.2) is 0 Å². The molecule has 0 spiro atoms. The molecule has 0 amide bonds. The van der Waals surface area contributed by atoms with Gasteiger partial charge in [0.1, 0.15) is 5.76 Å². The molecule has 1 N–H and O–H groups in total. The lowest BCUT2D eigenvalue weighted by molar-refractivity contribution is -0.142. The summed E-state index contributed by atoms with van der Waals surface area (Å²) in [6.07, 6.45) is 4.22. The predicted octanol–water partition coefficient (Wildman–Crippen LogP) is 3.01. The first kappa shape index (κ1) is 9.77. The van der Waals surface area contributed by atoms with E-state index >= 15 is 0 Å². The van der Waals surface area contributed by atoms with E-state index in [1.807, 2.05) is 6.07 Å². The second-order valence-corrected chi connectivity index (χ2v) is 4.47. The van der Waals surface area contributed by atoms with Gasteiger partial charge in [-0.05, 0) is 34.8 Å². The summed E-state index contributed by atoms with van der Waals surface area (Å²) in [5, 5.41) is 9.02. The van der Waals surface area contributed by atoms with E-state index in [0.717, 1.165) is 29.5 Å². The molecule has 4 heteroatoms. The summed E-state index contributed by atoms with van der Waals surface area (Å²) in [6, 6.07) is 1.81. The van der Waals surface area contributed by atoms with Crippen molar-refractivity contribution >= 4 is 21.9 Å². The molecule has 0 bridgehead atoms. The van der Waals surface area contributed by atoms with E-state index < -0.39 is 5.97 Å². The predicted molar refractivity (Wildman–Crippen MR) is 54.1 cm³/mol. The Balaban J connectivity index is 2.26. The number of aliphatic carboxylic acids is 1. The molecule has 0 aliphatic heterocycles. The van der Waals surface area contributed by atoms with Crippen molar-refractivity contribution in [2.75, 3.05) is 0 Å². The van der Waals surface area contributed by atoms with Crippen LogP contribution < -0.4 is 0 Å². The van der Waals surface area contributed by atoms with Crippen LogP contribution in [0.1, 0.15) is 30.9 Å². The molecule has 1 fully saturated rings. The summed E-state index contributed by atoms with van der Waals surface area (Å²) in [7, 11) is 0. The van der Waals surface area contributed by atoms with Gasteiger partial charge in [0.05, 0.1) is 16.7 Å². The first-order valence-corrected chi connectivity index (χ1v) is 5.45. The zero-order valence-electron chi connectivity index (χ0n) is 7.57. The summed E-state index contributed by atoms with van der Waals surface area (Å²) in [4.78, 5) is 11.0. The Morgan fingerprint density at radius 2 is 2.36 bits per heavy atom. The monoisotopic (exact) mass is 258 g/mol. The number of hydrogen-bond acceptors (Lipinski definition) is 2. The van der Waals surface area contributed by atoms with E-state index in [0.29, 0.717) is 0 Å². The molecule has 0 saturated heterocycles. The van der Waals surface area contributed by atoms with Crippen LogP contribution in [-0.2, 0) is 4.79 Å². The van der Waals surface area contributed by atoms with Crippen molar-refractivity contribution in [2.24, 2.45) is 5.92 Å². The molecule has 0 radical (unpaired) electrons. The maximum Gasteiger partial charge on any atom is 0.307 e. The minimum atomic E-state index is -0.712. The zero-order chi connectivity index (χ0) is 10.1. The maximum atomic E-state index is 11.0. The number of carboxylic acid groups (broad SMARTS) is 1. The highest BCUT2D eigenvalue weighted by molar-refractivity contribution is 9.10. The summed E-state index contributed by atoms with van der Waals surface area (Å²) >= 11 is 3.37. The van der Waals surface area contributed by atoms with E-state index in [9.17, 15) is 4.79 Å². The fraction of sp³-hybridized carbons (Fsp3) is 0.500. The van der Waals surface area contributed by atoms with Crippen LogP contribution in [0.4, 0.5) is 0 Å². The first-order chi connectivity index (χ1) is 6.70. The molecule has 2 rings (SSSR count). The highest BCUT2D eigenvalue weighted by Crippen LogP contribution is 2.42. The van der Waals surface area contributed by atoms with Gasteiger partial charge in [0, 0.05) is 5.92 Å². The largest absolute Gasteiger partial charge is 0.481 e. The zero-order valence-corrected chi connectivity index (χ0v) is 9.16. The molecule has 76 valence electrons. The van der Waals surface area contributed by atoms with Crippen molar-refractivity contribution in [1.82, 2.24) is 0 Å². The third kappa shape index (κ3) is 1.59. The fourth-order valence-corrected chi connectivity index (χ4v) is 2.63. The van der Waals surface area contributed by atoms with Crippen LogP contribution in [0.5, 0.6) is 0 Å². The highest BCUT2D eigenvalue weighted by Gasteiger charge is 2.36. The van der Waals surface area contributed by atoms with Gasteiger partial charge in [-0.2, -0.15) is 0 Å².